The van der Waals surface area contributed by atoms with Gasteiger partial charge in [0.25, 0.3) is 0 Å². The van der Waals surface area contributed by atoms with Crippen molar-refractivity contribution in [2.75, 3.05) is 6.54 Å². The van der Waals surface area contributed by atoms with E-state index in [-0.39, 0.29) is 5.41 Å². The predicted molar refractivity (Wildman–Crippen MR) is 78.1 cm³/mol. The number of halogens is 1. The molecule has 1 heterocycles. The van der Waals surface area contributed by atoms with Crippen molar-refractivity contribution in [1.29, 1.82) is 0 Å². The molecule has 0 saturated heterocycles. The topological polar surface area (TPSA) is 29.9 Å². The minimum absolute atomic E-state index is 0.0197. The second-order valence-electron chi connectivity index (χ2n) is 5.54. The SMILES string of the molecule is C=CC(C)(CNC(C)C)Cc1c(Cl)c(C)nn1C. The van der Waals surface area contributed by atoms with Crippen LogP contribution < -0.4 is 5.32 Å². The molecule has 18 heavy (non-hydrogen) atoms. The van der Waals surface area contributed by atoms with Gasteiger partial charge in [0.2, 0.25) is 0 Å². The maximum Gasteiger partial charge on any atom is 0.0847 e. The fraction of sp³-hybridized carbons (Fsp3) is 0.643. The van der Waals surface area contributed by atoms with Gasteiger partial charge in [-0.15, -0.1) is 6.58 Å². The lowest BCUT2D eigenvalue weighted by atomic mass is 9.85. The summed E-state index contributed by atoms with van der Waals surface area (Å²) in [6.45, 7) is 13.3. The van der Waals surface area contributed by atoms with Gasteiger partial charge in [0.15, 0.2) is 0 Å². The van der Waals surface area contributed by atoms with Gasteiger partial charge in [-0.2, -0.15) is 5.10 Å². The lowest BCUT2D eigenvalue weighted by Gasteiger charge is -2.27. The Morgan fingerprint density at radius 3 is 2.56 bits per heavy atom. The number of nitrogens with one attached hydrogen (secondary N) is 1. The summed E-state index contributed by atoms with van der Waals surface area (Å²) in [6, 6.07) is 0.466. The molecule has 1 aromatic rings. The fourth-order valence-corrected chi connectivity index (χ4v) is 2.13. The van der Waals surface area contributed by atoms with E-state index in [2.05, 4.69) is 37.8 Å². The molecule has 1 unspecified atom stereocenters. The highest BCUT2D eigenvalue weighted by Crippen LogP contribution is 2.28. The third kappa shape index (κ3) is 3.59. The van der Waals surface area contributed by atoms with Gasteiger partial charge in [-0.3, -0.25) is 4.68 Å². The molecule has 1 atom stereocenters. The maximum atomic E-state index is 6.30. The zero-order valence-corrected chi connectivity index (χ0v) is 12.8. The summed E-state index contributed by atoms with van der Waals surface area (Å²) in [7, 11) is 1.94. The molecule has 0 aliphatic carbocycles. The van der Waals surface area contributed by atoms with Crippen LogP contribution in [-0.2, 0) is 13.5 Å². The Labute approximate surface area is 115 Å². The average molecular weight is 270 g/mol. The third-order valence-corrected chi connectivity index (χ3v) is 3.73. The van der Waals surface area contributed by atoms with Crippen LogP contribution in [0.5, 0.6) is 0 Å². The molecule has 0 fully saturated rings. The van der Waals surface area contributed by atoms with E-state index in [1.54, 1.807) is 0 Å². The molecule has 1 rings (SSSR count). The molecule has 3 nitrogen and oxygen atoms in total. The minimum atomic E-state index is -0.0197. The van der Waals surface area contributed by atoms with Gasteiger partial charge in [0.1, 0.15) is 0 Å². The molecule has 0 spiro atoms. The quantitative estimate of drug-likeness (QED) is 0.805. The monoisotopic (exact) mass is 269 g/mol. The predicted octanol–water partition coefficient (Wildman–Crippen LogP) is 3.11. The molecule has 0 radical (unpaired) electrons. The Morgan fingerprint density at radius 2 is 2.17 bits per heavy atom. The van der Waals surface area contributed by atoms with Crippen molar-refractivity contribution in [1.82, 2.24) is 15.1 Å². The standard InChI is InChI=1S/C14H24ClN3/c1-7-14(5,9-16-10(2)3)8-12-13(15)11(4)17-18(12)6/h7,10,16H,1,8-9H2,2-6H3. The first-order valence-corrected chi connectivity index (χ1v) is 6.72. The van der Waals surface area contributed by atoms with Crippen LogP contribution in [-0.4, -0.2) is 22.4 Å². The Morgan fingerprint density at radius 1 is 1.56 bits per heavy atom. The third-order valence-electron chi connectivity index (χ3n) is 3.24. The number of aromatic nitrogens is 2. The minimum Gasteiger partial charge on any atom is -0.314 e. The molecule has 4 heteroatoms. The van der Waals surface area contributed by atoms with Crippen LogP contribution in [0.1, 0.15) is 32.2 Å². The first kappa shape index (κ1) is 15.3. The molecule has 1 N–H and O–H groups in total. The van der Waals surface area contributed by atoms with Crippen LogP contribution in [0.4, 0.5) is 0 Å². The lowest BCUT2D eigenvalue weighted by Crippen LogP contribution is -2.36. The van der Waals surface area contributed by atoms with E-state index in [1.807, 2.05) is 24.7 Å². The maximum absolute atomic E-state index is 6.30. The lowest BCUT2D eigenvalue weighted by molar-refractivity contribution is 0.365. The van der Waals surface area contributed by atoms with Crippen molar-refractivity contribution < 1.29 is 0 Å². The van der Waals surface area contributed by atoms with Crippen LogP contribution in [0.15, 0.2) is 12.7 Å². The van der Waals surface area contributed by atoms with E-state index in [0.29, 0.717) is 6.04 Å². The summed E-state index contributed by atoms with van der Waals surface area (Å²) < 4.78 is 1.87. The molecule has 1 aromatic heterocycles. The van der Waals surface area contributed by atoms with E-state index in [4.69, 9.17) is 11.6 Å². The van der Waals surface area contributed by atoms with Crippen molar-refractivity contribution in [3.63, 3.8) is 0 Å². The molecular weight excluding hydrogens is 246 g/mol. The Kier molecular flexibility index (Phi) is 5.00. The van der Waals surface area contributed by atoms with E-state index >= 15 is 0 Å². The van der Waals surface area contributed by atoms with E-state index in [9.17, 15) is 0 Å². The van der Waals surface area contributed by atoms with Gasteiger partial charge in [-0.25, -0.2) is 0 Å². The van der Waals surface area contributed by atoms with Gasteiger partial charge < -0.3 is 5.32 Å². The first-order chi connectivity index (χ1) is 8.29. The van der Waals surface area contributed by atoms with Crippen molar-refractivity contribution in [3.8, 4) is 0 Å². The molecule has 0 bridgehead atoms. The normalized spacial score (nSPS) is 14.8. The summed E-state index contributed by atoms with van der Waals surface area (Å²) in [5.41, 5.74) is 1.94. The molecule has 0 amide bonds. The van der Waals surface area contributed by atoms with Crippen molar-refractivity contribution in [2.45, 2.75) is 40.2 Å². The largest absolute Gasteiger partial charge is 0.314 e. The van der Waals surface area contributed by atoms with Crippen LogP contribution in [0, 0.1) is 12.3 Å². The number of hydrogen-bond donors (Lipinski definition) is 1. The summed E-state index contributed by atoms with van der Waals surface area (Å²) in [5.74, 6) is 0. The Bertz CT molecular complexity index is 423. The summed E-state index contributed by atoms with van der Waals surface area (Å²) in [5, 5.41) is 8.59. The molecule has 0 saturated carbocycles. The Balaban J connectivity index is 2.88. The van der Waals surface area contributed by atoms with Gasteiger partial charge >= 0.3 is 0 Å². The Hall–Kier alpha value is -0.800. The van der Waals surface area contributed by atoms with Crippen molar-refractivity contribution in [3.05, 3.63) is 29.1 Å². The average Bonchev–Trinajstić information content (AvgIpc) is 2.53. The van der Waals surface area contributed by atoms with Crippen LogP contribution in [0.25, 0.3) is 0 Å². The van der Waals surface area contributed by atoms with Crippen molar-refractivity contribution in [2.24, 2.45) is 12.5 Å². The summed E-state index contributed by atoms with van der Waals surface area (Å²) in [4.78, 5) is 0. The number of aryl methyl sites for hydroxylation is 2. The van der Waals surface area contributed by atoms with Gasteiger partial charge in [0.05, 0.1) is 16.4 Å². The molecule has 102 valence electrons. The highest BCUT2D eigenvalue weighted by molar-refractivity contribution is 6.31. The first-order valence-electron chi connectivity index (χ1n) is 6.34. The summed E-state index contributed by atoms with van der Waals surface area (Å²) >= 11 is 6.30. The zero-order chi connectivity index (χ0) is 13.9. The smallest absolute Gasteiger partial charge is 0.0847 e. The van der Waals surface area contributed by atoms with E-state index in [1.165, 1.54) is 0 Å². The fourth-order valence-electron chi connectivity index (χ4n) is 1.90. The molecule has 0 aliphatic heterocycles. The van der Waals surface area contributed by atoms with E-state index in [0.717, 1.165) is 29.4 Å². The summed E-state index contributed by atoms with van der Waals surface area (Å²) in [6.07, 6.45) is 2.84. The van der Waals surface area contributed by atoms with Gasteiger partial charge in [-0.05, 0) is 6.92 Å². The number of hydrogen-bond acceptors (Lipinski definition) is 2. The number of rotatable bonds is 6. The van der Waals surface area contributed by atoms with Gasteiger partial charge in [0, 0.05) is 31.5 Å². The number of nitrogens with zero attached hydrogens (tertiary/aromatic N) is 2. The molecule has 0 aromatic carbocycles. The molecule has 0 aliphatic rings. The van der Waals surface area contributed by atoms with Crippen molar-refractivity contribution >= 4 is 11.6 Å². The zero-order valence-electron chi connectivity index (χ0n) is 12.0. The van der Waals surface area contributed by atoms with E-state index < -0.39 is 0 Å². The second kappa shape index (κ2) is 5.89. The van der Waals surface area contributed by atoms with Crippen LogP contribution in [0.2, 0.25) is 5.02 Å². The van der Waals surface area contributed by atoms with Crippen LogP contribution >= 0.6 is 11.6 Å². The van der Waals surface area contributed by atoms with Crippen LogP contribution in [0.3, 0.4) is 0 Å². The highest BCUT2D eigenvalue weighted by Gasteiger charge is 2.25. The van der Waals surface area contributed by atoms with Gasteiger partial charge in [-0.1, -0.05) is 38.4 Å². The highest BCUT2D eigenvalue weighted by atomic mass is 35.5. The second-order valence-corrected chi connectivity index (χ2v) is 5.92. The molecular formula is C14H24ClN3.